The van der Waals surface area contributed by atoms with Crippen LogP contribution in [0.3, 0.4) is 0 Å². The van der Waals surface area contributed by atoms with Gasteiger partial charge in [0.2, 0.25) is 0 Å². The predicted molar refractivity (Wildman–Crippen MR) is 89.5 cm³/mol. The fraction of sp³-hybridized carbons (Fsp3) is 0.333. The minimum absolute atomic E-state index is 0.136. The molecule has 0 amide bonds. The zero-order valence-corrected chi connectivity index (χ0v) is 14.4. The molecule has 0 spiro atoms. The Morgan fingerprint density at radius 2 is 1.95 bits per heavy atom. The van der Waals surface area contributed by atoms with Crippen LogP contribution < -0.4 is 5.32 Å². The van der Waals surface area contributed by atoms with Gasteiger partial charge in [-0.15, -0.1) is 11.3 Å². The molecule has 0 saturated heterocycles. The first-order valence-corrected chi connectivity index (χ1v) is 8.14. The van der Waals surface area contributed by atoms with E-state index in [-0.39, 0.29) is 5.41 Å². The average Bonchev–Trinajstić information content (AvgIpc) is 2.65. The summed E-state index contributed by atoms with van der Waals surface area (Å²) in [7, 11) is 0. The van der Waals surface area contributed by atoms with Crippen molar-refractivity contribution < 1.29 is 0 Å². The molecular weight excluding hydrogens is 342 g/mol. The molecular formula is C15H17BrClNS. The molecule has 102 valence electrons. The summed E-state index contributed by atoms with van der Waals surface area (Å²) in [5.74, 6) is 0. The molecule has 19 heavy (non-hydrogen) atoms. The number of halogens is 2. The van der Waals surface area contributed by atoms with Crippen molar-refractivity contribution >= 4 is 44.6 Å². The van der Waals surface area contributed by atoms with Gasteiger partial charge in [-0.3, -0.25) is 0 Å². The van der Waals surface area contributed by atoms with Crippen LogP contribution in [0.15, 0.2) is 34.8 Å². The van der Waals surface area contributed by atoms with E-state index < -0.39 is 0 Å². The van der Waals surface area contributed by atoms with Crippen molar-refractivity contribution in [3.63, 3.8) is 0 Å². The summed E-state index contributed by atoms with van der Waals surface area (Å²) in [6.07, 6.45) is 0. The van der Waals surface area contributed by atoms with E-state index in [0.717, 1.165) is 15.4 Å². The Morgan fingerprint density at radius 3 is 2.53 bits per heavy atom. The van der Waals surface area contributed by atoms with Crippen molar-refractivity contribution in [3.05, 3.63) is 49.6 Å². The topological polar surface area (TPSA) is 12.0 Å². The van der Waals surface area contributed by atoms with Gasteiger partial charge >= 0.3 is 0 Å². The van der Waals surface area contributed by atoms with Gasteiger partial charge in [-0.25, -0.2) is 0 Å². The van der Waals surface area contributed by atoms with Crippen LogP contribution in [0, 0.1) is 0 Å². The summed E-state index contributed by atoms with van der Waals surface area (Å²) in [6, 6.07) is 10.5. The molecule has 2 rings (SSSR count). The first-order valence-electron chi connectivity index (χ1n) is 6.15. The van der Waals surface area contributed by atoms with Gasteiger partial charge in [0.15, 0.2) is 0 Å². The highest BCUT2D eigenvalue weighted by atomic mass is 79.9. The van der Waals surface area contributed by atoms with E-state index in [2.05, 4.69) is 72.3 Å². The Balaban J connectivity index is 2.16. The maximum absolute atomic E-state index is 6.06. The molecule has 4 heteroatoms. The third-order valence-corrected chi connectivity index (χ3v) is 5.36. The monoisotopic (exact) mass is 357 g/mol. The molecule has 0 aliphatic rings. The van der Waals surface area contributed by atoms with Crippen LogP contribution in [0.1, 0.15) is 31.2 Å². The number of thiophene rings is 1. The van der Waals surface area contributed by atoms with E-state index in [1.54, 1.807) is 11.3 Å². The Hall–Kier alpha value is -0.510. The first-order chi connectivity index (χ1) is 8.88. The molecule has 1 aromatic carbocycles. The maximum atomic E-state index is 6.06. The van der Waals surface area contributed by atoms with Gasteiger partial charge in [-0.1, -0.05) is 50.6 Å². The van der Waals surface area contributed by atoms with E-state index in [1.165, 1.54) is 16.1 Å². The molecule has 1 nitrogen and oxygen atoms in total. The van der Waals surface area contributed by atoms with Gasteiger partial charge < -0.3 is 5.32 Å². The smallest absolute Gasteiger partial charge is 0.107 e. The largest absolute Gasteiger partial charge is 0.380 e. The highest BCUT2D eigenvalue weighted by molar-refractivity contribution is 9.10. The Labute approximate surface area is 132 Å². The number of para-hydroxylation sites is 1. The van der Waals surface area contributed by atoms with Gasteiger partial charge in [-0.2, -0.15) is 0 Å². The van der Waals surface area contributed by atoms with Crippen molar-refractivity contribution in [2.45, 2.75) is 32.7 Å². The zero-order chi connectivity index (χ0) is 14.0. The van der Waals surface area contributed by atoms with Crippen LogP contribution in [-0.4, -0.2) is 0 Å². The van der Waals surface area contributed by atoms with E-state index in [4.69, 9.17) is 11.6 Å². The molecule has 1 N–H and O–H groups in total. The van der Waals surface area contributed by atoms with E-state index >= 15 is 0 Å². The fourth-order valence-corrected chi connectivity index (χ4v) is 3.68. The molecule has 0 radical (unpaired) electrons. The molecule has 0 saturated carbocycles. The second kappa shape index (κ2) is 5.86. The molecule has 0 bridgehead atoms. The standard InChI is InChI=1S/C15H17BrClNS/c1-15(2,3)11-6-4-5-7-13(11)18-9-10-8-12(16)14(17)19-10/h4-8,18H,9H2,1-3H3. The number of hydrogen-bond acceptors (Lipinski definition) is 2. The lowest BCUT2D eigenvalue weighted by atomic mass is 9.86. The number of nitrogens with one attached hydrogen (secondary N) is 1. The van der Waals surface area contributed by atoms with Crippen LogP contribution in [0.4, 0.5) is 5.69 Å². The third kappa shape index (κ3) is 3.74. The lowest BCUT2D eigenvalue weighted by molar-refractivity contribution is 0.591. The lowest BCUT2D eigenvalue weighted by Gasteiger charge is -2.23. The number of benzene rings is 1. The van der Waals surface area contributed by atoms with Gasteiger partial charge in [0.25, 0.3) is 0 Å². The number of hydrogen-bond donors (Lipinski definition) is 1. The molecule has 0 unspecified atom stereocenters. The van der Waals surface area contributed by atoms with Crippen molar-refractivity contribution in [3.8, 4) is 0 Å². The molecule has 2 aromatic rings. The minimum atomic E-state index is 0.136. The summed E-state index contributed by atoms with van der Waals surface area (Å²) in [4.78, 5) is 1.22. The van der Waals surface area contributed by atoms with Crippen molar-refractivity contribution in [2.75, 3.05) is 5.32 Å². The van der Waals surface area contributed by atoms with Gasteiger partial charge in [-0.05, 0) is 39.0 Å². The number of rotatable bonds is 3. The summed E-state index contributed by atoms with van der Waals surface area (Å²) >= 11 is 11.1. The Morgan fingerprint density at radius 1 is 1.26 bits per heavy atom. The van der Waals surface area contributed by atoms with Gasteiger partial charge in [0.1, 0.15) is 4.34 Å². The summed E-state index contributed by atoms with van der Waals surface area (Å²) in [6.45, 7) is 7.48. The van der Waals surface area contributed by atoms with Gasteiger partial charge in [0, 0.05) is 21.6 Å². The van der Waals surface area contributed by atoms with Crippen molar-refractivity contribution in [2.24, 2.45) is 0 Å². The SMILES string of the molecule is CC(C)(C)c1ccccc1NCc1cc(Br)c(Cl)s1. The number of anilines is 1. The maximum Gasteiger partial charge on any atom is 0.107 e. The van der Waals surface area contributed by atoms with Crippen LogP contribution in [0.2, 0.25) is 4.34 Å². The molecule has 0 aliphatic carbocycles. The van der Waals surface area contributed by atoms with E-state index in [0.29, 0.717) is 0 Å². The molecule has 1 aromatic heterocycles. The second-order valence-electron chi connectivity index (χ2n) is 5.48. The fourth-order valence-electron chi connectivity index (χ4n) is 1.95. The third-order valence-electron chi connectivity index (χ3n) is 2.88. The van der Waals surface area contributed by atoms with E-state index in [1.807, 2.05) is 0 Å². The Kier molecular flexibility index (Phi) is 4.59. The lowest BCUT2D eigenvalue weighted by Crippen LogP contribution is -2.14. The zero-order valence-electron chi connectivity index (χ0n) is 11.3. The molecule has 1 heterocycles. The summed E-state index contributed by atoms with van der Waals surface area (Å²) in [5, 5.41) is 3.51. The predicted octanol–water partition coefficient (Wildman–Crippen LogP) is 6.07. The van der Waals surface area contributed by atoms with Crippen molar-refractivity contribution in [1.82, 2.24) is 0 Å². The van der Waals surface area contributed by atoms with Crippen LogP contribution >= 0.6 is 38.9 Å². The first kappa shape index (κ1) is 14.9. The van der Waals surface area contributed by atoms with E-state index in [9.17, 15) is 0 Å². The normalized spacial score (nSPS) is 11.6. The second-order valence-corrected chi connectivity index (χ2v) is 8.08. The van der Waals surface area contributed by atoms with Crippen molar-refractivity contribution in [1.29, 1.82) is 0 Å². The van der Waals surface area contributed by atoms with Crippen LogP contribution in [-0.2, 0) is 12.0 Å². The molecule has 0 aliphatic heterocycles. The Bertz CT molecular complexity index is 552. The quantitative estimate of drug-likeness (QED) is 0.701. The van der Waals surface area contributed by atoms with Crippen LogP contribution in [0.25, 0.3) is 0 Å². The van der Waals surface area contributed by atoms with Gasteiger partial charge in [0.05, 0.1) is 0 Å². The van der Waals surface area contributed by atoms with Crippen LogP contribution in [0.5, 0.6) is 0 Å². The highest BCUT2D eigenvalue weighted by Gasteiger charge is 2.17. The highest BCUT2D eigenvalue weighted by Crippen LogP contribution is 2.33. The molecule has 0 fully saturated rings. The minimum Gasteiger partial charge on any atom is -0.380 e. The summed E-state index contributed by atoms with van der Waals surface area (Å²) < 4.78 is 1.78. The average molecular weight is 359 g/mol. The summed E-state index contributed by atoms with van der Waals surface area (Å²) in [5.41, 5.74) is 2.66. The molecule has 0 atom stereocenters.